The van der Waals surface area contributed by atoms with Crippen molar-refractivity contribution in [2.24, 2.45) is 5.92 Å². The lowest BCUT2D eigenvalue weighted by atomic mass is 10.0. The van der Waals surface area contributed by atoms with Crippen molar-refractivity contribution in [2.45, 2.75) is 53.3 Å². The van der Waals surface area contributed by atoms with Crippen molar-refractivity contribution in [3.63, 3.8) is 0 Å². The maximum Gasteiger partial charge on any atom is 0.0687 e. The largest absolute Gasteiger partial charge is 0.392 e. The third-order valence-electron chi connectivity index (χ3n) is 3.78. The van der Waals surface area contributed by atoms with E-state index in [0.717, 1.165) is 12.2 Å². The fourth-order valence-electron chi connectivity index (χ4n) is 2.37. The standard InChI is InChI=1S/C15H29N3O2/c1-10(2)14(19)9-16-11(3)15-12(4)17-18(13(15)5)7-8-20-6/h10-11,14,16,19H,7-9H2,1-6H3. The van der Waals surface area contributed by atoms with Crippen LogP contribution in [0.2, 0.25) is 0 Å². The molecule has 116 valence electrons. The minimum absolute atomic E-state index is 0.180. The van der Waals surface area contributed by atoms with E-state index >= 15 is 0 Å². The zero-order valence-electron chi connectivity index (χ0n) is 13.6. The molecule has 1 rings (SSSR count). The van der Waals surface area contributed by atoms with Gasteiger partial charge in [0.05, 0.1) is 24.9 Å². The van der Waals surface area contributed by atoms with Crippen molar-refractivity contribution in [2.75, 3.05) is 20.3 Å². The predicted molar refractivity (Wildman–Crippen MR) is 80.8 cm³/mol. The molecule has 0 saturated carbocycles. The zero-order chi connectivity index (χ0) is 15.3. The van der Waals surface area contributed by atoms with Crippen LogP contribution in [-0.2, 0) is 11.3 Å². The predicted octanol–water partition coefficient (Wildman–Crippen LogP) is 1.81. The lowest BCUT2D eigenvalue weighted by Gasteiger charge is -2.20. The molecule has 2 N–H and O–H groups in total. The highest BCUT2D eigenvalue weighted by molar-refractivity contribution is 5.27. The van der Waals surface area contributed by atoms with Crippen LogP contribution in [0.4, 0.5) is 0 Å². The second-order valence-electron chi connectivity index (χ2n) is 5.74. The number of nitrogens with zero attached hydrogens (tertiary/aromatic N) is 2. The molecule has 5 heteroatoms. The Morgan fingerprint density at radius 1 is 1.30 bits per heavy atom. The maximum atomic E-state index is 9.88. The Morgan fingerprint density at radius 3 is 2.50 bits per heavy atom. The number of methoxy groups -OCH3 is 1. The van der Waals surface area contributed by atoms with Gasteiger partial charge >= 0.3 is 0 Å². The molecule has 5 nitrogen and oxygen atoms in total. The van der Waals surface area contributed by atoms with Crippen LogP contribution >= 0.6 is 0 Å². The van der Waals surface area contributed by atoms with Crippen molar-refractivity contribution in [3.05, 3.63) is 17.0 Å². The molecule has 0 saturated heterocycles. The van der Waals surface area contributed by atoms with Gasteiger partial charge < -0.3 is 15.2 Å². The number of ether oxygens (including phenoxy) is 1. The molecule has 20 heavy (non-hydrogen) atoms. The van der Waals surface area contributed by atoms with Gasteiger partial charge in [0.15, 0.2) is 0 Å². The molecule has 0 aliphatic heterocycles. The first-order valence-corrected chi connectivity index (χ1v) is 7.32. The third-order valence-corrected chi connectivity index (χ3v) is 3.78. The molecule has 0 aliphatic carbocycles. The van der Waals surface area contributed by atoms with Crippen LogP contribution in [-0.4, -0.2) is 41.3 Å². The number of aryl methyl sites for hydroxylation is 1. The third kappa shape index (κ3) is 4.30. The Kier molecular flexibility index (Phi) is 6.65. The summed E-state index contributed by atoms with van der Waals surface area (Å²) >= 11 is 0. The molecule has 0 amide bonds. The van der Waals surface area contributed by atoms with Gasteiger partial charge in [0.1, 0.15) is 0 Å². The normalized spacial score (nSPS) is 14.8. The van der Waals surface area contributed by atoms with Crippen LogP contribution in [0.15, 0.2) is 0 Å². The van der Waals surface area contributed by atoms with Crippen molar-refractivity contribution in [3.8, 4) is 0 Å². The fourth-order valence-corrected chi connectivity index (χ4v) is 2.37. The lowest BCUT2D eigenvalue weighted by Crippen LogP contribution is -2.32. The SMILES string of the molecule is COCCn1nc(C)c(C(C)NCC(O)C(C)C)c1C. The van der Waals surface area contributed by atoms with Gasteiger partial charge in [0.2, 0.25) is 0 Å². The molecule has 0 fully saturated rings. The highest BCUT2D eigenvalue weighted by atomic mass is 16.5. The molecule has 0 radical (unpaired) electrons. The first kappa shape index (κ1) is 17.1. The van der Waals surface area contributed by atoms with Crippen molar-refractivity contribution >= 4 is 0 Å². The summed E-state index contributed by atoms with van der Waals surface area (Å²) in [5, 5.41) is 17.8. The van der Waals surface area contributed by atoms with Gasteiger partial charge in [-0.3, -0.25) is 4.68 Å². The second-order valence-corrected chi connectivity index (χ2v) is 5.74. The summed E-state index contributed by atoms with van der Waals surface area (Å²) < 4.78 is 7.10. The van der Waals surface area contributed by atoms with Crippen LogP contribution in [0.5, 0.6) is 0 Å². The molecule has 0 spiro atoms. The highest BCUT2D eigenvalue weighted by Gasteiger charge is 2.18. The van der Waals surface area contributed by atoms with Crippen molar-refractivity contribution in [1.82, 2.24) is 15.1 Å². The van der Waals surface area contributed by atoms with Gasteiger partial charge in [-0.2, -0.15) is 5.10 Å². The monoisotopic (exact) mass is 283 g/mol. The molecule has 0 bridgehead atoms. The molecule has 2 unspecified atom stereocenters. The van der Waals surface area contributed by atoms with E-state index < -0.39 is 0 Å². The number of nitrogens with one attached hydrogen (secondary N) is 1. The quantitative estimate of drug-likeness (QED) is 0.764. The van der Waals surface area contributed by atoms with E-state index in [1.807, 2.05) is 25.5 Å². The van der Waals surface area contributed by atoms with Gasteiger partial charge in [-0.15, -0.1) is 0 Å². The van der Waals surface area contributed by atoms with E-state index in [4.69, 9.17) is 4.74 Å². The van der Waals surface area contributed by atoms with Crippen LogP contribution in [0.25, 0.3) is 0 Å². The van der Waals surface area contributed by atoms with E-state index in [0.29, 0.717) is 13.2 Å². The Bertz CT molecular complexity index is 415. The Balaban J connectivity index is 2.72. The summed E-state index contributed by atoms with van der Waals surface area (Å²) in [5.41, 5.74) is 3.42. The first-order valence-electron chi connectivity index (χ1n) is 7.32. The molecular weight excluding hydrogens is 254 g/mol. The minimum Gasteiger partial charge on any atom is -0.392 e. The number of aromatic nitrogens is 2. The fraction of sp³-hybridized carbons (Fsp3) is 0.800. The summed E-state index contributed by atoms with van der Waals surface area (Å²) in [4.78, 5) is 0. The van der Waals surface area contributed by atoms with Crippen LogP contribution < -0.4 is 5.32 Å². The molecular formula is C15H29N3O2. The first-order chi connectivity index (χ1) is 9.38. The molecule has 1 aromatic heterocycles. The molecule has 0 aliphatic rings. The number of hydrogen-bond donors (Lipinski definition) is 2. The molecule has 0 aromatic carbocycles. The lowest BCUT2D eigenvalue weighted by molar-refractivity contribution is 0.120. The second kappa shape index (κ2) is 7.76. The van der Waals surface area contributed by atoms with Crippen molar-refractivity contribution in [1.29, 1.82) is 0 Å². The Hall–Kier alpha value is -0.910. The van der Waals surface area contributed by atoms with E-state index in [9.17, 15) is 5.11 Å². The van der Waals surface area contributed by atoms with E-state index in [2.05, 4.69) is 24.3 Å². The zero-order valence-corrected chi connectivity index (χ0v) is 13.6. The number of rotatable bonds is 8. The smallest absolute Gasteiger partial charge is 0.0687 e. The number of aliphatic hydroxyl groups excluding tert-OH is 1. The Labute approximate surface area is 122 Å². The summed E-state index contributed by atoms with van der Waals surface area (Å²) in [7, 11) is 1.70. The van der Waals surface area contributed by atoms with Gasteiger partial charge in [-0.25, -0.2) is 0 Å². The number of aliphatic hydroxyl groups is 1. The van der Waals surface area contributed by atoms with Gasteiger partial charge in [0.25, 0.3) is 0 Å². The summed E-state index contributed by atoms with van der Waals surface area (Å²) in [6.45, 7) is 12.3. The summed E-state index contributed by atoms with van der Waals surface area (Å²) in [5.74, 6) is 0.265. The highest BCUT2D eigenvalue weighted by Crippen LogP contribution is 2.21. The summed E-state index contributed by atoms with van der Waals surface area (Å²) in [6.07, 6.45) is -0.318. The van der Waals surface area contributed by atoms with Crippen LogP contribution in [0.3, 0.4) is 0 Å². The molecule has 2 atom stereocenters. The minimum atomic E-state index is -0.318. The topological polar surface area (TPSA) is 59.3 Å². The Morgan fingerprint density at radius 2 is 1.95 bits per heavy atom. The maximum absolute atomic E-state index is 9.88. The molecule has 1 aromatic rings. The van der Waals surface area contributed by atoms with Crippen molar-refractivity contribution < 1.29 is 9.84 Å². The van der Waals surface area contributed by atoms with Gasteiger partial charge in [-0.1, -0.05) is 13.8 Å². The van der Waals surface area contributed by atoms with E-state index in [1.165, 1.54) is 11.3 Å². The summed E-state index contributed by atoms with van der Waals surface area (Å²) in [6, 6.07) is 0.180. The van der Waals surface area contributed by atoms with E-state index in [1.54, 1.807) is 7.11 Å². The molecule has 1 heterocycles. The number of hydrogen-bond acceptors (Lipinski definition) is 4. The van der Waals surface area contributed by atoms with Crippen LogP contribution in [0, 0.1) is 19.8 Å². The van der Waals surface area contributed by atoms with Gasteiger partial charge in [-0.05, 0) is 26.7 Å². The van der Waals surface area contributed by atoms with Crippen LogP contribution in [0.1, 0.15) is 43.8 Å². The van der Waals surface area contributed by atoms with Gasteiger partial charge in [0, 0.05) is 31.0 Å². The average Bonchev–Trinajstić information content (AvgIpc) is 2.67. The average molecular weight is 283 g/mol. The van der Waals surface area contributed by atoms with E-state index in [-0.39, 0.29) is 18.1 Å².